The Morgan fingerprint density at radius 3 is 2.86 bits per heavy atom. The highest BCUT2D eigenvalue weighted by atomic mass is 16.1. The molecule has 5 N–H and O–H groups in total. The van der Waals surface area contributed by atoms with Crippen LogP contribution in [0.15, 0.2) is 10.9 Å². The zero-order valence-electron chi connectivity index (χ0n) is 7.62. The van der Waals surface area contributed by atoms with Crippen molar-refractivity contribution in [1.29, 1.82) is 0 Å². The maximum Gasteiger partial charge on any atom is 0.251 e. The molecule has 0 saturated carbocycles. The highest BCUT2D eigenvalue weighted by Gasteiger charge is 2.03. The molecule has 0 fully saturated rings. The average molecular weight is 196 g/mol. The molecule has 1 amide bonds. The predicted octanol–water partition coefficient (Wildman–Crippen LogP) is -1.70. The number of hydrogen-bond acceptors (Lipinski definition) is 4. The van der Waals surface area contributed by atoms with E-state index in [-0.39, 0.29) is 17.8 Å². The summed E-state index contributed by atoms with van der Waals surface area (Å²) in [5.74, 6) is -0.244. The number of nitrogens with two attached hydrogens (primary N) is 2. The molecule has 1 aromatic rings. The van der Waals surface area contributed by atoms with Crippen LogP contribution in [-0.4, -0.2) is 22.4 Å². The van der Waals surface area contributed by atoms with Crippen LogP contribution in [0.3, 0.4) is 0 Å². The zero-order chi connectivity index (χ0) is 10.6. The molecule has 0 aromatic carbocycles. The van der Waals surface area contributed by atoms with Gasteiger partial charge in [0, 0.05) is 18.2 Å². The topological polar surface area (TPSA) is 115 Å². The van der Waals surface area contributed by atoms with Crippen LogP contribution in [0.2, 0.25) is 0 Å². The van der Waals surface area contributed by atoms with Crippen molar-refractivity contribution in [3.8, 4) is 0 Å². The van der Waals surface area contributed by atoms with E-state index in [1.54, 1.807) is 0 Å². The maximum absolute atomic E-state index is 11.1. The molecule has 0 spiro atoms. The first-order chi connectivity index (χ1) is 6.61. The number of H-pyrrole nitrogens is 1. The molecule has 0 bridgehead atoms. The van der Waals surface area contributed by atoms with Crippen molar-refractivity contribution in [3.63, 3.8) is 0 Å². The number of rotatable bonds is 4. The number of aromatic amines is 1. The van der Waals surface area contributed by atoms with Gasteiger partial charge >= 0.3 is 0 Å². The van der Waals surface area contributed by atoms with E-state index in [4.69, 9.17) is 11.5 Å². The molecular weight excluding hydrogens is 184 g/mol. The van der Waals surface area contributed by atoms with Gasteiger partial charge in [-0.2, -0.15) is 0 Å². The Labute approximate surface area is 80.3 Å². The van der Waals surface area contributed by atoms with E-state index in [9.17, 15) is 9.59 Å². The van der Waals surface area contributed by atoms with Crippen LogP contribution < -0.4 is 17.0 Å². The minimum absolute atomic E-state index is 0.0619. The normalized spacial score (nSPS) is 10.1. The van der Waals surface area contributed by atoms with Crippen molar-refractivity contribution < 1.29 is 4.79 Å². The van der Waals surface area contributed by atoms with Gasteiger partial charge in [0.1, 0.15) is 5.82 Å². The van der Waals surface area contributed by atoms with Gasteiger partial charge in [-0.3, -0.25) is 9.59 Å². The maximum atomic E-state index is 11.1. The second-order valence-corrected chi connectivity index (χ2v) is 2.87. The molecule has 1 heterocycles. The fraction of sp³-hybridized carbons (Fsp3) is 0.375. The monoisotopic (exact) mass is 196 g/mol. The summed E-state index contributed by atoms with van der Waals surface area (Å²) in [7, 11) is 0. The first-order valence-corrected chi connectivity index (χ1v) is 4.19. The molecule has 0 radical (unpaired) electrons. The number of carbonyl (C=O) groups excluding carboxylic acids is 1. The number of nitrogens with zero attached hydrogens (tertiary/aromatic N) is 1. The zero-order valence-corrected chi connectivity index (χ0v) is 7.62. The summed E-state index contributed by atoms with van der Waals surface area (Å²) >= 11 is 0. The number of primary amides is 1. The molecule has 0 aliphatic heterocycles. The van der Waals surface area contributed by atoms with Crippen molar-refractivity contribution in [2.24, 2.45) is 11.5 Å². The Morgan fingerprint density at radius 1 is 1.57 bits per heavy atom. The van der Waals surface area contributed by atoms with Gasteiger partial charge in [0.05, 0.1) is 6.42 Å². The van der Waals surface area contributed by atoms with Crippen molar-refractivity contribution in [2.75, 3.05) is 6.54 Å². The van der Waals surface area contributed by atoms with E-state index in [0.29, 0.717) is 18.7 Å². The summed E-state index contributed by atoms with van der Waals surface area (Å²) in [6.07, 6.45) is 0.448. The smallest absolute Gasteiger partial charge is 0.251 e. The fourth-order valence-corrected chi connectivity index (χ4v) is 1.09. The van der Waals surface area contributed by atoms with Crippen LogP contribution in [0.4, 0.5) is 0 Å². The standard InChI is InChI=1S/C8H12N4O2/c9-2-1-5-3-8(14)12-7(11-5)4-6(10)13/h3H,1-2,4,9H2,(H2,10,13)(H,11,12,14). The molecule has 0 unspecified atom stereocenters. The van der Waals surface area contributed by atoms with E-state index >= 15 is 0 Å². The molecule has 0 saturated heterocycles. The third kappa shape index (κ3) is 2.98. The number of carbonyl (C=O) groups is 1. The van der Waals surface area contributed by atoms with Crippen LogP contribution >= 0.6 is 0 Å². The Balaban J connectivity index is 2.94. The third-order valence-electron chi connectivity index (χ3n) is 1.59. The Bertz CT molecular complexity index is 385. The summed E-state index contributed by atoms with van der Waals surface area (Å²) in [5.41, 5.74) is 10.6. The first kappa shape index (κ1) is 10.4. The van der Waals surface area contributed by atoms with Crippen LogP contribution in [0.25, 0.3) is 0 Å². The SMILES string of the molecule is NCCc1cc(=O)[nH]c(CC(N)=O)n1. The van der Waals surface area contributed by atoms with Gasteiger partial charge in [0.2, 0.25) is 5.91 Å². The molecule has 1 rings (SSSR count). The number of nitrogens with one attached hydrogen (secondary N) is 1. The average Bonchev–Trinajstić information content (AvgIpc) is 2.01. The Morgan fingerprint density at radius 2 is 2.29 bits per heavy atom. The van der Waals surface area contributed by atoms with Crippen molar-refractivity contribution >= 4 is 5.91 Å². The Kier molecular flexibility index (Phi) is 3.35. The summed E-state index contributed by atoms with van der Waals surface area (Å²) in [4.78, 5) is 28.1. The van der Waals surface area contributed by atoms with E-state index in [2.05, 4.69) is 9.97 Å². The first-order valence-electron chi connectivity index (χ1n) is 4.19. The van der Waals surface area contributed by atoms with Crippen molar-refractivity contribution in [3.05, 3.63) is 27.9 Å². The summed E-state index contributed by atoms with van der Waals surface area (Å²) in [6, 6.07) is 1.36. The lowest BCUT2D eigenvalue weighted by Crippen LogP contribution is -2.20. The van der Waals surface area contributed by atoms with Crippen LogP contribution in [0, 0.1) is 0 Å². The molecule has 14 heavy (non-hydrogen) atoms. The fourth-order valence-electron chi connectivity index (χ4n) is 1.09. The van der Waals surface area contributed by atoms with Gasteiger partial charge < -0.3 is 16.5 Å². The molecule has 1 aromatic heterocycles. The summed E-state index contributed by atoms with van der Waals surface area (Å²) in [6.45, 7) is 0.409. The summed E-state index contributed by atoms with van der Waals surface area (Å²) < 4.78 is 0. The number of amides is 1. The quantitative estimate of drug-likeness (QED) is 0.532. The molecule has 76 valence electrons. The van der Waals surface area contributed by atoms with Gasteiger partial charge in [-0.1, -0.05) is 0 Å². The van der Waals surface area contributed by atoms with Crippen LogP contribution in [-0.2, 0) is 17.6 Å². The second-order valence-electron chi connectivity index (χ2n) is 2.87. The highest BCUT2D eigenvalue weighted by molar-refractivity contribution is 5.75. The minimum atomic E-state index is -0.530. The van der Waals surface area contributed by atoms with Gasteiger partial charge in [-0.25, -0.2) is 4.98 Å². The van der Waals surface area contributed by atoms with Gasteiger partial charge in [0.15, 0.2) is 0 Å². The lowest BCUT2D eigenvalue weighted by atomic mass is 10.3. The third-order valence-corrected chi connectivity index (χ3v) is 1.59. The van der Waals surface area contributed by atoms with Crippen molar-refractivity contribution in [1.82, 2.24) is 9.97 Å². The largest absolute Gasteiger partial charge is 0.369 e. The minimum Gasteiger partial charge on any atom is -0.369 e. The molecule has 0 aliphatic carbocycles. The number of hydrogen-bond donors (Lipinski definition) is 3. The van der Waals surface area contributed by atoms with Gasteiger partial charge in [-0.05, 0) is 6.54 Å². The highest BCUT2D eigenvalue weighted by Crippen LogP contribution is 1.93. The molecular formula is C8H12N4O2. The lowest BCUT2D eigenvalue weighted by Gasteiger charge is -2.00. The van der Waals surface area contributed by atoms with Gasteiger partial charge in [-0.15, -0.1) is 0 Å². The summed E-state index contributed by atoms with van der Waals surface area (Å²) in [5, 5.41) is 0. The van der Waals surface area contributed by atoms with Crippen LogP contribution in [0.1, 0.15) is 11.5 Å². The predicted molar refractivity (Wildman–Crippen MR) is 50.5 cm³/mol. The van der Waals surface area contributed by atoms with E-state index in [1.165, 1.54) is 6.07 Å². The molecule has 0 aliphatic rings. The molecule has 6 heteroatoms. The second kappa shape index (κ2) is 4.52. The van der Waals surface area contributed by atoms with Crippen LogP contribution in [0.5, 0.6) is 0 Å². The Hall–Kier alpha value is -1.69. The van der Waals surface area contributed by atoms with E-state index in [0.717, 1.165) is 0 Å². The molecule has 6 nitrogen and oxygen atoms in total. The lowest BCUT2D eigenvalue weighted by molar-refractivity contribution is -0.117. The van der Waals surface area contributed by atoms with Gasteiger partial charge in [0.25, 0.3) is 5.56 Å². The number of aromatic nitrogens is 2. The van der Waals surface area contributed by atoms with E-state index in [1.807, 2.05) is 0 Å². The van der Waals surface area contributed by atoms with Crippen molar-refractivity contribution in [2.45, 2.75) is 12.8 Å². The van der Waals surface area contributed by atoms with E-state index < -0.39 is 5.91 Å². The molecule has 0 atom stereocenters.